The molecule has 2 unspecified atom stereocenters. The zero-order valence-corrected chi connectivity index (χ0v) is 12.5. The van der Waals surface area contributed by atoms with Crippen LogP contribution in [-0.2, 0) is 4.79 Å². The highest BCUT2D eigenvalue weighted by Gasteiger charge is 2.40. The van der Waals surface area contributed by atoms with E-state index >= 15 is 0 Å². The molecule has 3 saturated carbocycles. The zero-order valence-electron chi connectivity index (χ0n) is 11.6. The van der Waals surface area contributed by atoms with Crippen LogP contribution in [-0.4, -0.2) is 18.0 Å². The summed E-state index contributed by atoms with van der Waals surface area (Å²) in [5.41, 5.74) is 6.28. The topological polar surface area (TPSA) is 55.1 Å². The van der Waals surface area contributed by atoms with Crippen LogP contribution in [0.5, 0.6) is 0 Å². The molecular weight excluding hydrogens is 260 g/mol. The van der Waals surface area contributed by atoms with Crippen LogP contribution < -0.4 is 11.1 Å². The quantitative estimate of drug-likeness (QED) is 0.820. The van der Waals surface area contributed by atoms with Gasteiger partial charge in [0.05, 0.1) is 0 Å². The molecule has 4 heteroatoms. The lowest BCUT2D eigenvalue weighted by atomic mass is 9.65. The molecule has 2 atom stereocenters. The number of halogens is 1. The van der Waals surface area contributed by atoms with Gasteiger partial charge in [-0.2, -0.15) is 0 Å². The third-order valence-electron chi connectivity index (χ3n) is 5.49. The van der Waals surface area contributed by atoms with E-state index in [0.29, 0.717) is 29.8 Å². The monoisotopic (exact) mass is 286 g/mol. The third-order valence-corrected chi connectivity index (χ3v) is 5.49. The summed E-state index contributed by atoms with van der Waals surface area (Å²) in [6.07, 6.45) is 10.8. The van der Waals surface area contributed by atoms with Gasteiger partial charge < -0.3 is 11.1 Å². The highest BCUT2D eigenvalue weighted by molar-refractivity contribution is 5.85. The molecule has 0 aromatic carbocycles. The Balaban J connectivity index is 0.00000133. The fourth-order valence-electron chi connectivity index (χ4n) is 4.39. The van der Waals surface area contributed by atoms with Crippen molar-refractivity contribution in [3.8, 4) is 0 Å². The summed E-state index contributed by atoms with van der Waals surface area (Å²) in [5.74, 6) is 1.79. The maximum atomic E-state index is 12.3. The van der Waals surface area contributed by atoms with Gasteiger partial charge >= 0.3 is 0 Å². The van der Waals surface area contributed by atoms with E-state index < -0.39 is 0 Å². The minimum Gasteiger partial charge on any atom is -0.353 e. The van der Waals surface area contributed by atoms with Crippen LogP contribution in [0.3, 0.4) is 0 Å². The first kappa shape index (κ1) is 15.1. The highest BCUT2D eigenvalue weighted by atomic mass is 35.5. The van der Waals surface area contributed by atoms with Crippen LogP contribution >= 0.6 is 12.4 Å². The number of nitrogens with two attached hydrogens (primary N) is 1. The van der Waals surface area contributed by atoms with Crippen LogP contribution in [0.4, 0.5) is 0 Å². The maximum Gasteiger partial charge on any atom is 0.223 e. The van der Waals surface area contributed by atoms with Crippen molar-refractivity contribution in [1.29, 1.82) is 0 Å². The van der Waals surface area contributed by atoms with Gasteiger partial charge in [0.25, 0.3) is 0 Å². The Labute approximate surface area is 122 Å². The number of rotatable bonds is 2. The first-order chi connectivity index (χ1) is 8.74. The number of fused-ring (bicyclic) bond motifs is 2. The Kier molecular flexibility index (Phi) is 5.13. The molecule has 0 saturated heterocycles. The fraction of sp³-hybridized carbons (Fsp3) is 0.933. The van der Waals surface area contributed by atoms with E-state index in [2.05, 4.69) is 5.32 Å². The Morgan fingerprint density at radius 1 is 0.947 bits per heavy atom. The lowest BCUT2D eigenvalue weighted by molar-refractivity contribution is -0.128. The molecule has 1 amide bonds. The largest absolute Gasteiger partial charge is 0.353 e. The van der Waals surface area contributed by atoms with Crippen molar-refractivity contribution in [3.63, 3.8) is 0 Å². The molecule has 0 aromatic rings. The number of hydrogen-bond acceptors (Lipinski definition) is 2. The van der Waals surface area contributed by atoms with E-state index in [0.717, 1.165) is 12.8 Å². The van der Waals surface area contributed by atoms with Gasteiger partial charge in [0, 0.05) is 18.0 Å². The highest BCUT2D eigenvalue weighted by Crippen LogP contribution is 2.42. The average molecular weight is 287 g/mol. The smallest absolute Gasteiger partial charge is 0.223 e. The SMILES string of the molecule is Cl.NC1C2CCCC1CC(C(=O)NC1CCCC1)C2. The lowest BCUT2D eigenvalue weighted by Crippen LogP contribution is -2.50. The predicted octanol–water partition coefficient (Wildman–Crippen LogP) is 2.62. The summed E-state index contributed by atoms with van der Waals surface area (Å²) >= 11 is 0. The van der Waals surface area contributed by atoms with Gasteiger partial charge in [-0.15, -0.1) is 12.4 Å². The summed E-state index contributed by atoms with van der Waals surface area (Å²) < 4.78 is 0. The van der Waals surface area contributed by atoms with Crippen LogP contribution in [0.2, 0.25) is 0 Å². The van der Waals surface area contributed by atoms with Crippen LogP contribution in [0.1, 0.15) is 57.8 Å². The van der Waals surface area contributed by atoms with Gasteiger partial charge in [0.1, 0.15) is 0 Å². The summed E-state index contributed by atoms with van der Waals surface area (Å²) in [6.45, 7) is 0. The molecular formula is C15H27ClN2O. The molecule has 3 fully saturated rings. The van der Waals surface area contributed by atoms with Crippen molar-refractivity contribution in [1.82, 2.24) is 5.32 Å². The average Bonchev–Trinajstić information content (AvgIpc) is 2.81. The number of hydrogen-bond donors (Lipinski definition) is 2. The standard InChI is InChI=1S/C15H26N2O.ClH/c16-14-10-4-3-5-11(14)9-12(8-10)15(18)17-13-6-1-2-7-13;/h10-14H,1-9,16H2,(H,17,18);1H. The Morgan fingerprint density at radius 2 is 1.53 bits per heavy atom. The lowest BCUT2D eigenvalue weighted by Gasteiger charge is -2.43. The Hall–Kier alpha value is -0.280. The molecule has 0 heterocycles. The number of carbonyl (C=O) groups excluding carboxylic acids is 1. The number of amides is 1. The van der Waals surface area contributed by atoms with Crippen molar-refractivity contribution in [3.05, 3.63) is 0 Å². The normalized spacial score (nSPS) is 38.6. The van der Waals surface area contributed by atoms with Crippen LogP contribution in [0, 0.1) is 17.8 Å². The van der Waals surface area contributed by atoms with Gasteiger partial charge in [0.15, 0.2) is 0 Å². The van der Waals surface area contributed by atoms with Crippen molar-refractivity contribution in [2.75, 3.05) is 0 Å². The van der Waals surface area contributed by atoms with Gasteiger partial charge in [-0.25, -0.2) is 0 Å². The number of carbonyl (C=O) groups is 1. The molecule has 0 spiro atoms. The first-order valence-electron chi connectivity index (χ1n) is 7.80. The maximum absolute atomic E-state index is 12.3. The number of nitrogens with one attached hydrogen (secondary N) is 1. The molecule has 0 aliphatic heterocycles. The molecule has 110 valence electrons. The van der Waals surface area contributed by atoms with Crippen LogP contribution in [0.15, 0.2) is 0 Å². The van der Waals surface area contributed by atoms with Gasteiger partial charge in [-0.1, -0.05) is 19.3 Å². The van der Waals surface area contributed by atoms with Gasteiger partial charge in [0.2, 0.25) is 5.91 Å². The van der Waals surface area contributed by atoms with Crippen molar-refractivity contribution in [2.24, 2.45) is 23.5 Å². The molecule has 3 nitrogen and oxygen atoms in total. The minimum absolute atomic E-state index is 0. The first-order valence-corrected chi connectivity index (χ1v) is 7.80. The van der Waals surface area contributed by atoms with Gasteiger partial charge in [-0.3, -0.25) is 4.79 Å². The molecule has 0 aromatic heterocycles. The third kappa shape index (κ3) is 3.25. The Bertz CT molecular complexity index is 303. The molecule has 3 aliphatic carbocycles. The predicted molar refractivity (Wildman–Crippen MR) is 79.2 cm³/mol. The zero-order chi connectivity index (χ0) is 12.5. The van der Waals surface area contributed by atoms with Crippen molar-refractivity contribution >= 4 is 18.3 Å². The van der Waals surface area contributed by atoms with E-state index in [1.165, 1.54) is 44.9 Å². The van der Waals surface area contributed by atoms with Gasteiger partial charge in [-0.05, 0) is 50.4 Å². The van der Waals surface area contributed by atoms with E-state index in [1.54, 1.807) is 0 Å². The molecule has 3 N–H and O–H groups in total. The van der Waals surface area contributed by atoms with Crippen LogP contribution in [0.25, 0.3) is 0 Å². The second kappa shape index (κ2) is 6.45. The molecule has 2 bridgehead atoms. The second-order valence-electron chi connectivity index (χ2n) is 6.69. The van der Waals surface area contributed by atoms with E-state index in [-0.39, 0.29) is 18.3 Å². The summed E-state index contributed by atoms with van der Waals surface area (Å²) in [7, 11) is 0. The van der Waals surface area contributed by atoms with E-state index in [4.69, 9.17) is 5.73 Å². The molecule has 19 heavy (non-hydrogen) atoms. The molecule has 3 rings (SSSR count). The fourth-order valence-corrected chi connectivity index (χ4v) is 4.39. The molecule has 3 aliphatic rings. The van der Waals surface area contributed by atoms with Crippen molar-refractivity contribution < 1.29 is 4.79 Å². The molecule has 0 radical (unpaired) electrons. The van der Waals surface area contributed by atoms with Crippen molar-refractivity contribution in [2.45, 2.75) is 69.9 Å². The second-order valence-corrected chi connectivity index (χ2v) is 6.69. The summed E-state index contributed by atoms with van der Waals surface area (Å²) in [6, 6.07) is 0.835. The van der Waals surface area contributed by atoms with E-state index in [1.807, 2.05) is 0 Å². The summed E-state index contributed by atoms with van der Waals surface area (Å²) in [4.78, 5) is 12.3. The summed E-state index contributed by atoms with van der Waals surface area (Å²) in [5, 5.41) is 3.27. The Morgan fingerprint density at radius 3 is 2.11 bits per heavy atom. The minimum atomic E-state index is 0. The van der Waals surface area contributed by atoms with E-state index in [9.17, 15) is 4.79 Å².